The average Bonchev–Trinajstić information content (AvgIpc) is 3.53. The molecule has 41 heavy (non-hydrogen) atoms. The predicted octanol–water partition coefficient (Wildman–Crippen LogP) is 6.19. The van der Waals surface area contributed by atoms with Crippen molar-refractivity contribution in [2.24, 2.45) is 11.8 Å². The van der Waals surface area contributed by atoms with Crippen LogP contribution in [0.5, 0.6) is 0 Å². The van der Waals surface area contributed by atoms with E-state index >= 15 is 0 Å². The summed E-state index contributed by atoms with van der Waals surface area (Å²) in [5.74, 6) is 1.13. The highest BCUT2D eigenvalue weighted by molar-refractivity contribution is 6.76. The fourth-order valence-corrected chi connectivity index (χ4v) is 6.00. The van der Waals surface area contributed by atoms with E-state index in [4.69, 9.17) is 9.47 Å². The van der Waals surface area contributed by atoms with Crippen LogP contribution < -0.4 is 10.6 Å². The largest absolute Gasteiger partial charge is 0.444 e. The van der Waals surface area contributed by atoms with E-state index in [9.17, 15) is 9.59 Å². The molecule has 11 heteroatoms. The van der Waals surface area contributed by atoms with E-state index in [0.29, 0.717) is 19.3 Å². The summed E-state index contributed by atoms with van der Waals surface area (Å²) in [6.07, 6.45) is 10.0. The zero-order chi connectivity index (χ0) is 29.8. The minimum Gasteiger partial charge on any atom is -0.444 e. The Hall–Kier alpha value is -3.18. The molecule has 1 aliphatic rings. The second-order valence-electron chi connectivity index (χ2n) is 13.4. The molecular formula is C30H46N6O4Si. The Morgan fingerprint density at radius 2 is 1.88 bits per heavy atom. The van der Waals surface area contributed by atoms with Crippen LogP contribution in [-0.4, -0.2) is 57.4 Å². The van der Waals surface area contributed by atoms with Crippen LogP contribution in [0.3, 0.4) is 0 Å². The van der Waals surface area contributed by atoms with Crippen molar-refractivity contribution < 1.29 is 19.1 Å². The number of aromatic nitrogens is 4. The Labute approximate surface area is 244 Å². The number of imidazole rings is 1. The highest BCUT2D eigenvalue weighted by Gasteiger charge is 2.31. The van der Waals surface area contributed by atoms with Gasteiger partial charge >= 0.3 is 6.09 Å². The summed E-state index contributed by atoms with van der Waals surface area (Å²) in [4.78, 5) is 34.4. The number of anilines is 1. The molecule has 2 N–H and O–H groups in total. The normalized spacial score (nSPS) is 18.7. The Balaban J connectivity index is 1.42. The molecule has 1 unspecified atom stereocenters. The van der Waals surface area contributed by atoms with Gasteiger partial charge in [0.15, 0.2) is 0 Å². The molecule has 2 amide bonds. The number of hydrogen-bond donors (Lipinski definition) is 2. The van der Waals surface area contributed by atoms with Crippen LogP contribution >= 0.6 is 0 Å². The molecule has 10 nitrogen and oxygen atoms in total. The number of nitrogens with one attached hydrogen (secondary N) is 2. The van der Waals surface area contributed by atoms with Gasteiger partial charge in [-0.15, -0.1) is 0 Å². The van der Waals surface area contributed by atoms with E-state index in [1.165, 1.54) is 0 Å². The number of carbonyl (C=O) groups is 2. The number of carbonyl (C=O) groups excluding carboxylic acids is 2. The minimum absolute atomic E-state index is 0.0111. The molecule has 1 fully saturated rings. The highest BCUT2D eigenvalue weighted by atomic mass is 28.3. The van der Waals surface area contributed by atoms with Crippen molar-refractivity contribution in [1.82, 2.24) is 24.4 Å². The zero-order valence-electron chi connectivity index (χ0n) is 25.6. The van der Waals surface area contributed by atoms with E-state index < -0.39 is 19.8 Å². The second-order valence-corrected chi connectivity index (χ2v) is 19.0. The van der Waals surface area contributed by atoms with Crippen molar-refractivity contribution in [1.29, 1.82) is 0 Å². The summed E-state index contributed by atoms with van der Waals surface area (Å²) < 4.78 is 15.5. The number of hydrogen-bond acceptors (Lipinski definition) is 6. The van der Waals surface area contributed by atoms with Gasteiger partial charge in [0.05, 0.1) is 5.69 Å². The molecule has 224 valence electrons. The molecule has 0 radical (unpaired) electrons. The Morgan fingerprint density at radius 1 is 1.15 bits per heavy atom. The van der Waals surface area contributed by atoms with Gasteiger partial charge in [0.1, 0.15) is 30.1 Å². The summed E-state index contributed by atoms with van der Waals surface area (Å²) in [5.41, 5.74) is 0.966. The van der Waals surface area contributed by atoms with Gasteiger partial charge in [-0.05, 0) is 77.5 Å². The van der Waals surface area contributed by atoms with Crippen molar-refractivity contribution in [3.8, 4) is 5.82 Å². The van der Waals surface area contributed by atoms with Crippen LogP contribution in [0, 0.1) is 11.8 Å². The van der Waals surface area contributed by atoms with Crippen LogP contribution in [-0.2, 0) is 21.0 Å². The second kappa shape index (κ2) is 12.8. The number of amides is 2. The van der Waals surface area contributed by atoms with Gasteiger partial charge in [0, 0.05) is 50.6 Å². The van der Waals surface area contributed by atoms with E-state index in [0.717, 1.165) is 54.3 Å². The lowest BCUT2D eigenvalue weighted by molar-refractivity contribution is -0.121. The number of fused-ring (bicyclic) bond motifs is 1. The average molecular weight is 583 g/mol. The minimum atomic E-state index is -1.21. The standard InChI is InChI=1S/C30H46N6O4Si/c1-21(33-29(38)40-30(2,3)4)22-8-10-23(11-9-22)28(37)34-25-12-13-32-27-24(25)18-26(35-15-14-31-19-35)36(27)20-39-16-17-41(5,6)7/h12-15,18-19,21-23H,8-11,16-17,20H2,1-7H3,(H,33,38)(H,32,34,37)/t21?,22-,23-. The van der Waals surface area contributed by atoms with E-state index in [2.05, 4.69) is 40.2 Å². The number of pyridine rings is 1. The molecule has 4 rings (SSSR count). The van der Waals surface area contributed by atoms with Crippen LogP contribution in [0.15, 0.2) is 37.1 Å². The molecule has 0 aliphatic heterocycles. The maximum atomic E-state index is 13.4. The van der Waals surface area contributed by atoms with Gasteiger partial charge in [-0.3, -0.25) is 13.9 Å². The van der Waals surface area contributed by atoms with Crippen LogP contribution in [0.4, 0.5) is 10.5 Å². The third-order valence-corrected chi connectivity index (χ3v) is 9.32. The first-order valence-corrected chi connectivity index (χ1v) is 18.4. The number of rotatable bonds is 10. The third-order valence-electron chi connectivity index (χ3n) is 7.61. The van der Waals surface area contributed by atoms with E-state index in [-0.39, 0.29) is 17.9 Å². The maximum Gasteiger partial charge on any atom is 0.407 e. The summed E-state index contributed by atoms with van der Waals surface area (Å²) >= 11 is 0. The molecule has 3 aromatic rings. The number of nitrogens with zero attached hydrogens (tertiary/aromatic N) is 4. The molecule has 0 bridgehead atoms. The smallest absolute Gasteiger partial charge is 0.407 e. The van der Waals surface area contributed by atoms with Gasteiger partial charge in [0.2, 0.25) is 5.91 Å². The fraction of sp³-hybridized carbons (Fsp3) is 0.600. The van der Waals surface area contributed by atoms with Crippen molar-refractivity contribution in [2.75, 3.05) is 11.9 Å². The number of alkyl carbamates (subject to hydrolysis) is 1. The lowest BCUT2D eigenvalue weighted by Gasteiger charge is -2.32. The van der Waals surface area contributed by atoms with Crippen molar-refractivity contribution in [3.63, 3.8) is 0 Å². The predicted molar refractivity (Wildman–Crippen MR) is 164 cm³/mol. The highest BCUT2D eigenvalue weighted by Crippen LogP contribution is 2.33. The fourth-order valence-electron chi connectivity index (χ4n) is 5.24. The summed E-state index contributed by atoms with van der Waals surface area (Å²) in [6.45, 7) is 15.7. The molecule has 0 spiro atoms. The molecular weight excluding hydrogens is 536 g/mol. The summed E-state index contributed by atoms with van der Waals surface area (Å²) in [7, 11) is -1.21. The summed E-state index contributed by atoms with van der Waals surface area (Å²) in [6, 6.07) is 4.96. The molecule has 1 saturated carbocycles. The van der Waals surface area contributed by atoms with Gasteiger partial charge in [-0.25, -0.2) is 14.8 Å². The molecule has 1 atom stereocenters. The quantitative estimate of drug-likeness (QED) is 0.218. The zero-order valence-corrected chi connectivity index (χ0v) is 26.6. The van der Waals surface area contributed by atoms with Gasteiger partial charge in [0.25, 0.3) is 0 Å². The van der Waals surface area contributed by atoms with Crippen molar-refractivity contribution in [3.05, 3.63) is 37.1 Å². The van der Waals surface area contributed by atoms with Gasteiger partial charge < -0.3 is 20.1 Å². The number of ether oxygens (including phenoxy) is 2. The lowest BCUT2D eigenvalue weighted by atomic mass is 9.78. The Morgan fingerprint density at radius 3 is 2.51 bits per heavy atom. The van der Waals surface area contributed by atoms with Crippen LogP contribution in [0.25, 0.3) is 16.9 Å². The molecule has 0 aromatic carbocycles. The van der Waals surface area contributed by atoms with Crippen molar-refractivity contribution >= 4 is 36.8 Å². The molecule has 3 aromatic heterocycles. The first kappa shape index (κ1) is 30.8. The monoisotopic (exact) mass is 582 g/mol. The molecule has 3 heterocycles. The maximum absolute atomic E-state index is 13.4. The van der Waals surface area contributed by atoms with Gasteiger partial charge in [-0.2, -0.15) is 0 Å². The first-order valence-electron chi connectivity index (χ1n) is 14.7. The summed E-state index contributed by atoms with van der Waals surface area (Å²) in [5, 5.41) is 7.02. The van der Waals surface area contributed by atoms with E-state index in [1.807, 2.05) is 55.2 Å². The lowest BCUT2D eigenvalue weighted by Crippen LogP contribution is -2.42. The van der Waals surface area contributed by atoms with Crippen LogP contribution in [0.1, 0.15) is 53.4 Å². The molecule has 0 saturated heterocycles. The molecule has 1 aliphatic carbocycles. The van der Waals surface area contributed by atoms with Gasteiger partial charge in [-0.1, -0.05) is 19.6 Å². The van der Waals surface area contributed by atoms with Crippen molar-refractivity contribution in [2.45, 2.75) is 97.4 Å². The Kier molecular flexibility index (Phi) is 9.58. The topological polar surface area (TPSA) is 112 Å². The Bertz CT molecular complexity index is 1320. The first-order chi connectivity index (χ1) is 19.3. The SMILES string of the molecule is CC(NC(=O)OC(C)(C)C)[C@H]1CC[C@H](C(=O)Nc2ccnc3c2cc(-n2ccnc2)n3COCC[Si](C)(C)C)CC1. The third kappa shape index (κ3) is 8.42. The van der Waals surface area contributed by atoms with Crippen LogP contribution in [0.2, 0.25) is 25.7 Å². The van der Waals surface area contributed by atoms with E-state index in [1.54, 1.807) is 18.7 Å².